The van der Waals surface area contributed by atoms with Crippen LogP contribution in [0.5, 0.6) is 0 Å². The SMILES string of the molecule is CC(C)(C)[S@@](=O)N=Cc1cnco1. The smallest absolute Gasteiger partial charge is 0.181 e. The van der Waals surface area contributed by atoms with E-state index in [2.05, 4.69) is 9.38 Å². The first-order valence-electron chi connectivity index (χ1n) is 3.85. The van der Waals surface area contributed by atoms with Crippen molar-refractivity contribution in [3.05, 3.63) is 18.4 Å². The second-order valence-corrected chi connectivity index (χ2v) is 5.43. The summed E-state index contributed by atoms with van der Waals surface area (Å²) >= 11 is 0. The van der Waals surface area contributed by atoms with Gasteiger partial charge >= 0.3 is 0 Å². The topological polar surface area (TPSA) is 55.5 Å². The molecule has 0 radical (unpaired) electrons. The van der Waals surface area contributed by atoms with Crippen molar-refractivity contribution in [3.8, 4) is 0 Å². The number of hydrogen-bond acceptors (Lipinski definition) is 3. The fourth-order valence-corrected chi connectivity index (χ4v) is 1.06. The molecule has 0 fully saturated rings. The van der Waals surface area contributed by atoms with Gasteiger partial charge in [-0.15, -0.1) is 0 Å². The summed E-state index contributed by atoms with van der Waals surface area (Å²) in [5.41, 5.74) is 0. The van der Waals surface area contributed by atoms with Crippen LogP contribution in [0.2, 0.25) is 0 Å². The average molecular weight is 200 g/mol. The molecule has 13 heavy (non-hydrogen) atoms. The van der Waals surface area contributed by atoms with Gasteiger partial charge in [0, 0.05) is 0 Å². The van der Waals surface area contributed by atoms with E-state index in [1.807, 2.05) is 20.8 Å². The van der Waals surface area contributed by atoms with Crippen LogP contribution in [0, 0.1) is 0 Å². The second kappa shape index (κ2) is 3.83. The molecule has 5 heteroatoms. The van der Waals surface area contributed by atoms with Crippen LogP contribution in [0.4, 0.5) is 0 Å². The highest BCUT2D eigenvalue weighted by Gasteiger charge is 2.18. The Kier molecular flexibility index (Phi) is 2.98. The average Bonchev–Trinajstić information content (AvgIpc) is 2.50. The molecule has 1 aromatic rings. The van der Waals surface area contributed by atoms with Gasteiger partial charge in [-0.25, -0.2) is 9.19 Å². The lowest BCUT2D eigenvalue weighted by molar-refractivity contribution is 0.551. The van der Waals surface area contributed by atoms with Crippen LogP contribution in [-0.2, 0) is 11.0 Å². The van der Waals surface area contributed by atoms with Gasteiger partial charge in [0.05, 0.1) is 17.2 Å². The molecule has 0 bridgehead atoms. The summed E-state index contributed by atoms with van der Waals surface area (Å²) in [4.78, 5) is 3.71. The fourth-order valence-electron chi connectivity index (χ4n) is 0.547. The summed E-state index contributed by atoms with van der Waals surface area (Å²) in [6.45, 7) is 5.59. The first kappa shape index (κ1) is 10.1. The first-order valence-corrected chi connectivity index (χ1v) is 4.95. The van der Waals surface area contributed by atoms with Gasteiger partial charge in [-0.3, -0.25) is 0 Å². The minimum atomic E-state index is -1.24. The van der Waals surface area contributed by atoms with Crippen LogP contribution in [-0.4, -0.2) is 20.2 Å². The van der Waals surface area contributed by atoms with Crippen LogP contribution in [0.1, 0.15) is 26.5 Å². The molecule has 0 saturated carbocycles. The zero-order valence-electron chi connectivity index (χ0n) is 7.85. The third-order valence-corrected chi connectivity index (χ3v) is 2.60. The van der Waals surface area contributed by atoms with Crippen LogP contribution < -0.4 is 0 Å². The van der Waals surface area contributed by atoms with Crippen molar-refractivity contribution in [3.63, 3.8) is 0 Å². The summed E-state index contributed by atoms with van der Waals surface area (Å²) in [5, 5.41) is 0. The van der Waals surface area contributed by atoms with E-state index >= 15 is 0 Å². The standard InChI is InChI=1S/C8H12N2O2S/c1-8(2,3)13(11)10-5-7-4-9-6-12-7/h4-6H,1-3H3/t13-/m1/s1. The maximum Gasteiger partial charge on any atom is 0.181 e. The third-order valence-electron chi connectivity index (χ3n) is 1.25. The Morgan fingerprint density at radius 2 is 2.31 bits per heavy atom. The predicted octanol–water partition coefficient (Wildman–Crippen LogP) is 1.56. The minimum absolute atomic E-state index is 0.337. The van der Waals surface area contributed by atoms with Gasteiger partial charge in [0.15, 0.2) is 12.2 Å². The maximum atomic E-state index is 11.4. The van der Waals surface area contributed by atoms with E-state index in [9.17, 15) is 4.21 Å². The molecule has 0 amide bonds. The Bertz CT molecular complexity index is 311. The largest absolute Gasteiger partial charge is 0.442 e. The number of oxazole rings is 1. The molecular weight excluding hydrogens is 188 g/mol. The molecular formula is C8H12N2O2S. The van der Waals surface area contributed by atoms with Crippen molar-refractivity contribution in [2.75, 3.05) is 0 Å². The van der Waals surface area contributed by atoms with Crippen LogP contribution >= 0.6 is 0 Å². The molecule has 1 aromatic heterocycles. The molecule has 0 N–H and O–H groups in total. The lowest BCUT2D eigenvalue weighted by Gasteiger charge is -2.12. The Hall–Kier alpha value is -0.970. The zero-order valence-corrected chi connectivity index (χ0v) is 8.67. The van der Waals surface area contributed by atoms with E-state index < -0.39 is 11.0 Å². The van der Waals surface area contributed by atoms with Crippen molar-refractivity contribution in [1.29, 1.82) is 0 Å². The van der Waals surface area contributed by atoms with E-state index in [1.165, 1.54) is 18.8 Å². The first-order chi connectivity index (χ1) is 6.00. The molecule has 72 valence electrons. The molecule has 0 spiro atoms. The Labute approximate surface area is 79.7 Å². The van der Waals surface area contributed by atoms with Gasteiger partial charge in [-0.2, -0.15) is 4.40 Å². The molecule has 4 nitrogen and oxygen atoms in total. The van der Waals surface area contributed by atoms with Crippen molar-refractivity contribution >= 4 is 17.2 Å². The number of aromatic nitrogens is 1. The summed E-state index contributed by atoms with van der Waals surface area (Å²) in [6, 6.07) is 0. The Morgan fingerprint density at radius 3 is 2.77 bits per heavy atom. The molecule has 0 saturated heterocycles. The van der Waals surface area contributed by atoms with Gasteiger partial charge < -0.3 is 4.42 Å². The molecule has 0 aliphatic carbocycles. The van der Waals surface area contributed by atoms with E-state index in [1.54, 1.807) is 0 Å². The molecule has 0 aromatic carbocycles. The van der Waals surface area contributed by atoms with E-state index in [0.717, 1.165) is 0 Å². The Balaban J connectivity index is 2.65. The van der Waals surface area contributed by atoms with Gasteiger partial charge in [-0.1, -0.05) is 0 Å². The van der Waals surface area contributed by atoms with Crippen LogP contribution in [0.3, 0.4) is 0 Å². The number of nitrogens with zero attached hydrogens (tertiary/aromatic N) is 2. The number of rotatable bonds is 2. The van der Waals surface area contributed by atoms with Crippen molar-refractivity contribution in [2.45, 2.75) is 25.5 Å². The van der Waals surface area contributed by atoms with Crippen molar-refractivity contribution in [1.82, 2.24) is 4.98 Å². The fraction of sp³-hybridized carbons (Fsp3) is 0.500. The summed E-state index contributed by atoms with van der Waals surface area (Å²) in [6.07, 6.45) is 4.25. The van der Waals surface area contributed by atoms with E-state index in [0.29, 0.717) is 5.76 Å². The maximum absolute atomic E-state index is 11.4. The van der Waals surface area contributed by atoms with Gasteiger partial charge in [0.1, 0.15) is 11.0 Å². The third kappa shape index (κ3) is 3.10. The normalized spacial score (nSPS) is 15.0. The zero-order chi connectivity index (χ0) is 9.90. The van der Waals surface area contributed by atoms with E-state index in [-0.39, 0.29) is 4.75 Å². The lowest BCUT2D eigenvalue weighted by atomic mass is 10.3. The monoisotopic (exact) mass is 200 g/mol. The second-order valence-electron chi connectivity index (χ2n) is 3.50. The molecule has 0 unspecified atom stereocenters. The highest BCUT2D eigenvalue weighted by atomic mass is 32.2. The van der Waals surface area contributed by atoms with Gasteiger partial charge in [-0.05, 0) is 20.8 Å². The predicted molar refractivity (Wildman–Crippen MR) is 52.0 cm³/mol. The van der Waals surface area contributed by atoms with Crippen LogP contribution in [0.25, 0.3) is 0 Å². The molecule has 0 aliphatic heterocycles. The molecule has 0 aliphatic rings. The highest BCUT2D eigenvalue weighted by molar-refractivity contribution is 7.85. The molecule has 1 atom stereocenters. The lowest BCUT2D eigenvalue weighted by Crippen LogP contribution is -2.19. The van der Waals surface area contributed by atoms with Gasteiger partial charge in [0.25, 0.3) is 0 Å². The quantitative estimate of drug-likeness (QED) is 0.681. The number of hydrogen-bond donors (Lipinski definition) is 0. The minimum Gasteiger partial charge on any atom is -0.442 e. The summed E-state index contributed by atoms with van der Waals surface area (Å²) in [7, 11) is -1.24. The van der Waals surface area contributed by atoms with Crippen molar-refractivity contribution < 1.29 is 8.63 Å². The Morgan fingerprint density at radius 1 is 1.62 bits per heavy atom. The van der Waals surface area contributed by atoms with Crippen LogP contribution in [0.15, 0.2) is 21.4 Å². The van der Waals surface area contributed by atoms with E-state index in [4.69, 9.17) is 4.42 Å². The highest BCUT2D eigenvalue weighted by Crippen LogP contribution is 2.11. The summed E-state index contributed by atoms with van der Waals surface area (Å²) < 4.78 is 19.8. The van der Waals surface area contributed by atoms with Gasteiger partial charge in [0.2, 0.25) is 0 Å². The molecule has 1 rings (SSSR count). The molecule has 1 heterocycles. The summed E-state index contributed by atoms with van der Waals surface area (Å²) in [5.74, 6) is 0.512. The van der Waals surface area contributed by atoms with Crippen molar-refractivity contribution in [2.24, 2.45) is 4.40 Å².